The van der Waals surface area contributed by atoms with E-state index in [1.807, 2.05) is 29.2 Å². The molecule has 2 aliphatic rings. The van der Waals surface area contributed by atoms with Crippen LogP contribution in [0.3, 0.4) is 0 Å². The summed E-state index contributed by atoms with van der Waals surface area (Å²) in [5, 5.41) is 3.04. The molecule has 2 amide bonds. The van der Waals surface area contributed by atoms with Crippen molar-refractivity contribution >= 4 is 6.03 Å². The number of rotatable bonds is 4. The molecule has 1 aromatic carbocycles. The van der Waals surface area contributed by atoms with E-state index >= 15 is 0 Å². The van der Waals surface area contributed by atoms with Gasteiger partial charge in [-0.2, -0.15) is 0 Å². The molecule has 1 aromatic rings. The van der Waals surface area contributed by atoms with Crippen molar-refractivity contribution in [3.05, 3.63) is 29.8 Å². The molecule has 138 valence electrons. The summed E-state index contributed by atoms with van der Waals surface area (Å²) in [4.78, 5) is 17.0. The van der Waals surface area contributed by atoms with Crippen LogP contribution in [0.2, 0.25) is 0 Å². The number of ether oxygens (including phenoxy) is 1. The van der Waals surface area contributed by atoms with Crippen molar-refractivity contribution in [2.45, 2.75) is 51.1 Å². The number of amides is 2. The van der Waals surface area contributed by atoms with Gasteiger partial charge in [0.2, 0.25) is 0 Å². The maximum atomic E-state index is 12.4. The van der Waals surface area contributed by atoms with Crippen LogP contribution < -0.4 is 10.1 Å². The van der Waals surface area contributed by atoms with Crippen molar-refractivity contribution < 1.29 is 9.53 Å². The summed E-state index contributed by atoms with van der Waals surface area (Å²) in [6.45, 7) is 4.27. The molecule has 1 saturated carbocycles. The lowest BCUT2D eigenvalue weighted by Gasteiger charge is -2.39. The molecule has 2 fully saturated rings. The average Bonchev–Trinajstić information content (AvgIpc) is 2.96. The van der Waals surface area contributed by atoms with Gasteiger partial charge in [0.05, 0.1) is 7.11 Å². The minimum atomic E-state index is 0.0522. The van der Waals surface area contributed by atoms with Crippen LogP contribution in [0.4, 0.5) is 4.79 Å². The van der Waals surface area contributed by atoms with E-state index in [0.29, 0.717) is 6.54 Å². The first-order chi connectivity index (χ1) is 12.3. The standard InChI is InChI=1S/C20H31N3O2/c1-25-19-10-8-17(9-11-19)16-21-20(24)23-14-12-22(13-15-23)18-6-4-2-3-5-7-18/h8-11,18H,2-7,12-16H2,1H3,(H,21,24). The lowest BCUT2D eigenvalue weighted by Crippen LogP contribution is -2.54. The van der Waals surface area contributed by atoms with Gasteiger partial charge in [0.15, 0.2) is 0 Å². The second kappa shape index (κ2) is 9.09. The van der Waals surface area contributed by atoms with Gasteiger partial charge in [-0.3, -0.25) is 4.90 Å². The van der Waals surface area contributed by atoms with E-state index < -0.39 is 0 Å². The molecule has 0 atom stereocenters. The molecule has 25 heavy (non-hydrogen) atoms. The monoisotopic (exact) mass is 345 g/mol. The number of nitrogens with one attached hydrogen (secondary N) is 1. The third-order valence-electron chi connectivity index (χ3n) is 5.55. The molecule has 1 N–H and O–H groups in total. The molecule has 1 heterocycles. The zero-order chi connectivity index (χ0) is 17.5. The van der Waals surface area contributed by atoms with Gasteiger partial charge in [-0.15, -0.1) is 0 Å². The van der Waals surface area contributed by atoms with Crippen LogP contribution in [0, 0.1) is 0 Å². The van der Waals surface area contributed by atoms with E-state index in [9.17, 15) is 4.79 Å². The highest BCUT2D eigenvalue weighted by Gasteiger charge is 2.26. The molecule has 1 aliphatic heterocycles. The highest BCUT2D eigenvalue weighted by atomic mass is 16.5. The van der Waals surface area contributed by atoms with Crippen LogP contribution in [-0.4, -0.2) is 55.2 Å². The van der Waals surface area contributed by atoms with E-state index in [1.54, 1.807) is 7.11 Å². The van der Waals surface area contributed by atoms with E-state index in [1.165, 1.54) is 38.5 Å². The number of methoxy groups -OCH3 is 1. The average molecular weight is 345 g/mol. The number of benzene rings is 1. The summed E-state index contributed by atoms with van der Waals surface area (Å²) < 4.78 is 5.16. The van der Waals surface area contributed by atoms with Crippen LogP contribution in [-0.2, 0) is 6.54 Å². The zero-order valence-electron chi connectivity index (χ0n) is 15.4. The number of carbonyl (C=O) groups is 1. The third kappa shape index (κ3) is 5.11. The van der Waals surface area contributed by atoms with Gasteiger partial charge in [0.1, 0.15) is 5.75 Å². The van der Waals surface area contributed by atoms with Gasteiger partial charge in [-0.05, 0) is 30.5 Å². The van der Waals surface area contributed by atoms with Crippen LogP contribution in [0.5, 0.6) is 5.75 Å². The number of urea groups is 1. The molecule has 0 radical (unpaired) electrons. The summed E-state index contributed by atoms with van der Waals surface area (Å²) in [5.41, 5.74) is 1.09. The Balaban J connectivity index is 1.41. The van der Waals surface area contributed by atoms with Crippen LogP contribution in [0.1, 0.15) is 44.1 Å². The zero-order valence-corrected chi connectivity index (χ0v) is 15.4. The SMILES string of the molecule is COc1ccc(CNC(=O)N2CCN(C3CCCCCC3)CC2)cc1. The Morgan fingerprint density at radius 1 is 1.04 bits per heavy atom. The first-order valence-corrected chi connectivity index (χ1v) is 9.66. The van der Waals surface area contributed by atoms with Crippen molar-refractivity contribution in [1.29, 1.82) is 0 Å². The fraction of sp³-hybridized carbons (Fsp3) is 0.650. The lowest BCUT2D eigenvalue weighted by atomic mass is 10.1. The number of hydrogen-bond acceptors (Lipinski definition) is 3. The Kier molecular flexibility index (Phi) is 6.56. The molecular formula is C20H31N3O2. The van der Waals surface area contributed by atoms with E-state index in [-0.39, 0.29) is 6.03 Å². The Morgan fingerprint density at radius 2 is 1.68 bits per heavy atom. The van der Waals surface area contributed by atoms with Crippen molar-refractivity contribution in [1.82, 2.24) is 15.1 Å². The number of nitrogens with zero attached hydrogens (tertiary/aromatic N) is 2. The topological polar surface area (TPSA) is 44.8 Å². The van der Waals surface area contributed by atoms with E-state index in [0.717, 1.165) is 43.5 Å². The van der Waals surface area contributed by atoms with E-state index in [4.69, 9.17) is 4.74 Å². The highest BCUT2D eigenvalue weighted by molar-refractivity contribution is 5.74. The quantitative estimate of drug-likeness (QED) is 0.852. The van der Waals surface area contributed by atoms with Gasteiger partial charge in [-0.1, -0.05) is 37.8 Å². The second-order valence-electron chi connectivity index (χ2n) is 7.18. The van der Waals surface area contributed by atoms with Crippen LogP contribution in [0.25, 0.3) is 0 Å². The first kappa shape index (κ1) is 18.1. The summed E-state index contributed by atoms with van der Waals surface area (Å²) in [6, 6.07) is 8.62. The molecule has 3 rings (SSSR count). The van der Waals surface area contributed by atoms with Crippen molar-refractivity contribution in [2.75, 3.05) is 33.3 Å². The largest absolute Gasteiger partial charge is 0.497 e. The second-order valence-corrected chi connectivity index (χ2v) is 7.18. The number of hydrogen-bond donors (Lipinski definition) is 1. The minimum absolute atomic E-state index is 0.0522. The molecule has 1 saturated heterocycles. The van der Waals surface area contributed by atoms with Gasteiger partial charge in [0, 0.05) is 38.8 Å². The maximum absolute atomic E-state index is 12.4. The predicted octanol–water partition coefficient (Wildman–Crippen LogP) is 3.25. The first-order valence-electron chi connectivity index (χ1n) is 9.66. The normalized spacial score (nSPS) is 20.1. The smallest absolute Gasteiger partial charge is 0.317 e. The van der Waals surface area contributed by atoms with Crippen molar-refractivity contribution in [2.24, 2.45) is 0 Å². The van der Waals surface area contributed by atoms with Gasteiger partial charge >= 0.3 is 6.03 Å². The van der Waals surface area contributed by atoms with Gasteiger partial charge in [0.25, 0.3) is 0 Å². The Bertz CT molecular complexity index is 530. The molecular weight excluding hydrogens is 314 g/mol. The number of carbonyl (C=O) groups excluding carboxylic acids is 1. The molecule has 5 nitrogen and oxygen atoms in total. The van der Waals surface area contributed by atoms with Crippen LogP contribution in [0.15, 0.2) is 24.3 Å². The lowest BCUT2D eigenvalue weighted by molar-refractivity contribution is 0.101. The summed E-state index contributed by atoms with van der Waals surface area (Å²) in [7, 11) is 1.66. The molecule has 1 aliphatic carbocycles. The van der Waals surface area contributed by atoms with Crippen molar-refractivity contribution in [3.8, 4) is 5.75 Å². The van der Waals surface area contributed by atoms with Crippen molar-refractivity contribution in [3.63, 3.8) is 0 Å². The summed E-state index contributed by atoms with van der Waals surface area (Å²) in [5.74, 6) is 0.838. The highest BCUT2D eigenvalue weighted by Crippen LogP contribution is 2.22. The van der Waals surface area contributed by atoms with Crippen LogP contribution >= 0.6 is 0 Å². The Labute approximate surface area is 151 Å². The molecule has 0 aromatic heterocycles. The molecule has 0 spiro atoms. The van der Waals surface area contributed by atoms with Gasteiger partial charge < -0.3 is 15.0 Å². The molecule has 5 heteroatoms. The Morgan fingerprint density at radius 3 is 2.28 bits per heavy atom. The predicted molar refractivity (Wildman–Crippen MR) is 99.9 cm³/mol. The Hall–Kier alpha value is -1.75. The fourth-order valence-corrected chi connectivity index (χ4v) is 3.95. The summed E-state index contributed by atoms with van der Waals surface area (Å²) in [6.07, 6.45) is 8.20. The minimum Gasteiger partial charge on any atom is -0.497 e. The molecule has 0 bridgehead atoms. The van der Waals surface area contributed by atoms with E-state index in [2.05, 4.69) is 10.2 Å². The summed E-state index contributed by atoms with van der Waals surface area (Å²) >= 11 is 0. The third-order valence-corrected chi connectivity index (χ3v) is 5.55. The fourth-order valence-electron chi connectivity index (χ4n) is 3.95. The van der Waals surface area contributed by atoms with Gasteiger partial charge in [-0.25, -0.2) is 4.79 Å². The molecule has 0 unspecified atom stereocenters. The number of piperazine rings is 1. The maximum Gasteiger partial charge on any atom is 0.317 e.